The average molecular weight is 309 g/mol. The fourth-order valence-electron chi connectivity index (χ4n) is 3.26. The largest absolute Gasteiger partial charge is 0.481 e. The Hall–Kier alpha value is -2.62. The third kappa shape index (κ3) is 2.72. The van der Waals surface area contributed by atoms with Gasteiger partial charge in [-0.05, 0) is 17.0 Å². The predicted molar refractivity (Wildman–Crippen MR) is 88.9 cm³/mol. The zero-order chi connectivity index (χ0) is 16.6. The topological polar surface area (TPSA) is 66.4 Å². The number of para-hydroxylation sites is 1. The lowest BCUT2D eigenvalue weighted by molar-refractivity contribution is -0.140. The van der Waals surface area contributed by atoms with Crippen molar-refractivity contribution in [2.45, 2.75) is 13.8 Å². The van der Waals surface area contributed by atoms with E-state index < -0.39 is 23.2 Å². The molecule has 1 saturated carbocycles. The van der Waals surface area contributed by atoms with Crippen LogP contribution in [0.15, 0.2) is 54.6 Å². The summed E-state index contributed by atoms with van der Waals surface area (Å²) in [6.45, 7) is 3.64. The fourth-order valence-corrected chi connectivity index (χ4v) is 3.26. The number of rotatable bonds is 4. The van der Waals surface area contributed by atoms with Crippen LogP contribution in [0.3, 0.4) is 0 Å². The highest BCUT2D eigenvalue weighted by atomic mass is 16.4. The van der Waals surface area contributed by atoms with Crippen LogP contribution in [0.1, 0.15) is 13.8 Å². The first-order chi connectivity index (χ1) is 10.9. The van der Waals surface area contributed by atoms with E-state index in [1.54, 1.807) is 0 Å². The van der Waals surface area contributed by atoms with Gasteiger partial charge in [0, 0.05) is 11.3 Å². The van der Waals surface area contributed by atoms with Crippen molar-refractivity contribution in [3.8, 4) is 11.1 Å². The Balaban J connectivity index is 1.85. The van der Waals surface area contributed by atoms with Crippen molar-refractivity contribution in [1.29, 1.82) is 0 Å². The monoisotopic (exact) mass is 309 g/mol. The van der Waals surface area contributed by atoms with Gasteiger partial charge in [-0.15, -0.1) is 0 Å². The fraction of sp³-hybridized carbons (Fsp3) is 0.263. The van der Waals surface area contributed by atoms with E-state index in [-0.39, 0.29) is 5.91 Å². The Kier molecular flexibility index (Phi) is 3.68. The number of nitrogens with one attached hydrogen (secondary N) is 1. The van der Waals surface area contributed by atoms with Crippen LogP contribution >= 0.6 is 0 Å². The molecular formula is C19H19NO3. The van der Waals surface area contributed by atoms with Gasteiger partial charge in [0.2, 0.25) is 5.91 Å². The van der Waals surface area contributed by atoms with Crippen molar-refractivity contribution >= 4 is 17.6 Å². The van der Waals surface area contributed by atoms with Crippen LogP contribution in [0, 0.1) is 17.3 Å². The molecule has 23 heavy (non-hydrogen) atoms. The lowest BCUT2D eigenvalue weighted by atomic mass is 10.0. The number of carboxylic acids is 1. The summed E-state index contributed by atoms with van der Waals surface area (Å²) in [5, 5.41) is 12.1. The molecule has 2 atom stereocenters. The zero-order valence-electron chi connectivity index (χ0n) is 13.1. The SMILES string of the molecule is CC1(C)[C@H](C(=O)Nc2ccccc2-c2ccccc2)[C@@H]1C(=O)O. The summed E-state index contributed by atoms with van der Waals surface area (Å²) in [6.07, 6.45) is 0. The van der Waals surface area contributed by atoms with E-state index in [2.05, 4.69) is 5.32 Å². The molecule has 118 valence electrons. The molecule has 1 aliphatic carbocycles. The molecule has 2 aromatic rings. The highest BCUT2D eigenvalue weighted by Gasteiger charge is 2.65. The van der Waals surface area contributed by atoms with Gasteiger partial charge in [0.1, 0.15) is 0 Å². The minimum absolute atomic E-state index is 0.231. The van der Waals surface area contributed by atoms with E-state index in [0.29, 0.717) is 5.69 Å². The minimum atomic E-state index is -0.911. The van der Waals surface area contributed by atoms with Gasteiger partial charge >= 0.3 is 5.97 Å². The van der Waals surface area contributed by atoms with E-state index in [9.17, 15) is 14.7 Å². The number of anilines is 1. The second-order valence-corrected chi connectivity index (χ2v) is 6.52. The molecule has 0 bridgehead atoms. The quantitative estimate of drug-likeness (QED) is 0.906. The molecule has 0 aliphatic heterocycles. The number of carboxylic acid groups (broad SMARTS) is 1. The van der Waals surface area contributed by atoms with Gasteiger partial charge in [-0.2, -0.15) is 0 Å². The Bertz CT molecular complexity index is 752. The number of aliphatic carboxylic acids is 1. The number of benzene rings is 2. The van der Waals surface area contributed by atoms with Gasteiger partial charge in [0.05, 0.1) is 11.8 Å². The Labute approximate surface area is 135 Å². The van der Waals surface area contributed by atoms with Crippen LogP contribution in [-0.4, -0.2) is 17.0 Å². The molecule has 1 aliphatic rings. The van der Waals surface area contributed by atoms with Crippen LogP contribution < -0.4 is 5.32 Å². The maximum absolute atomic E-state index is 12.5. The summed E-state index contributed by atoms with van der Waals surface area (Å²) < 4.78 is 0. The maximum Gasteiger partial charge on any atom is 0.307 e. The maximum atomic E-state index is 12.5. The lowest BCUT2D eigenvalue weighted by Crippen LogP contribution is -2.18. The Morgan fingerprint density at radius 3 is 2.17 bits per heavy atom. The predicted octanol–water partition coefficient (Wildman–Crippen LogP) is 3.65. The van der Waals surface area contributed by atoms with Gasteiger partial charge in [-0.3, -0.25) is 9.59 Å². The molecule has 0 radical (unpaired) electrons. The van der Waals surface area contributed by atoms with E-state index in [1.807, 2.05) is 68.4 Å². The highest BCUT2D eigenvalue weighted by molar-refractivity contribution is 6.02. The molecule has 3 rings (SSSR count). The van der Waals surface area contributed by atoms with Crippen LogP contribution in [0.5, 0.6) is 0 Å². The summed E-state index contributed by atoms with van der Waals surface area (Å²) in [5.74, 6) is -2.26. The molecule has 0 heterocycles. The first-order valence-corrected chi connectivity index (χ1v) is 7.61. The Morgan fingerprint density at radius 1 is 0.957 bits per heavy atom. The van der Waals surface area contributed by atoms with Gasteiger partial charge in [0.15, 0.2) is 0 Å². The Morgan fingerprint density at radius 2 is 1.57 bits per heavy atom. The summed E-state index contributed by atoms with van der Waals surface area (Å²) >= 11 is 0. The van der Waals surface area contributed by atoms with Crippen molar-refractivity contribution in [2.24, 2.45) is 17.3 Å². The first kappa shape index (κ1) is 15.3. The van der Waals surface area contributed by atoms with Gasteiger partial charge in [-0.25, -0.2) is 0 Å². The molecule has 0 unspecified atom stereocenters. The van der Waals surface area contributed by atoms with Crippen LogP contribution in [0.4, 0.5) is 5.69 Å². The second-order valence-electron chi connectivity index (χ2n) is 6.52. The van der Waals surface area contributed by atoms with Crippen molar-refractivity contribution in [1.82, 2.24) is 0 Å². The number of carbonyl (C=O) groups is 2. The van der Waals surface area contributed by atoms with Crippen molar-refractivity contribution in [3.05, 3.63) is 54.6 Å². The normalized spacial score (nSPS) is 21.5. The third-order valence-electron chi connectivity index (χ3n) is 4.65. The molecule has 4 heteroatoms. The number of hydrogen-bond donors (Lipinski definition) is 2. The van der Waals surface area contributed by atoms with Gasteiger partial charge in [-0.1, -0.05) is 62.4 Å². The van der Waals surface area contributed by atoms with E-state index >= 15 is 0 Å². The molecule has 2 N–H and O–H groups in total. The summed E-state index contributed by atoms with van der Waals surface area (Å²) in [4.78, 5) is 23.8. The smallest absolute Gasteiger partial charge is 0.307 e. The summed E-state index contributed by atoms with van der Waals surface area (Å²) in [7, 11) is 0. The van der Waals surface area contributed by atoms with Crippen LogP contribution in [0.2, 0.25) is 0 Å². The van der Waals surface area contributed by atoms with Gasteiger partial charge in [0.25, 0.3) is 0 Å². The second kappa shape index (κ2) is 5.54. The molecule has 0 spiro atoms. The number of carbonyl (C=O) groups excluding carboxylic acids is 1. The summed E-state index contributed by atoms with van der Waals surface area (Å²) in [6, 6.07) is 17.3. The van der Waals surface area contributed by atoms with E-state index in [0.717, 1.165) is 11.1 Å². The van der Waals surface area contributed by atoms with Crippen molar-refractivity contribution in [2.75, 3.05) is 5.32 Å². The van der Waals surface area contributed by atoms with Crippen molar-refractivity contribution in [3.63, 3.8) is 0 Å². The first-order valence-electron chi connectivity index (χ1n) is 7.61. The van der Waals surface area contributed by atoms with Crippen LogP contribution in [-0.2, 0) is 9.59 Å². The van der Waals surface area contributed by atoms with E-state index in [4.69, 9.17) is 0 Å². The van der Waals surface area contributed by atoms with E-state index in [1.165, 1.54) is 0 Å². The standard InChI is InChI=1S/C19H19NO3/c1-19(2)15(16(19)18(22)23)17(21)20-14-11-7-6-10-13(14)12-8-4-3-5-9-12/h3-11,15-16H,1-2H3,(H,20,21)(H,22,23)/t15-,16+/m0/s1. The number of hydrogen-bond acceptors (Lipinski definition) is 2. The molecule has 4 nitrogen and oxygen atoms in total. The molecule has 0 aromatic heterocycles. The zero-order valence-corrected chi connectivity index (χ0v) is 13.1. The highest BCUT2D eigenvalue weighted by Crippen LogP contribution is 2.58. The lowest BCUT2D eigenvalue weighted by Gasteiger charge is -2.12. The molecule has 1 fully saturated rings. The summed E-state index contributed by atoms with van der Waals surface area (Å²) in [5.41, 5.74) is 2.13. The van der Waals surface area contributed by atoms with Crippen molar-refractivity contribution < 1.29 is 14.7 Å². The minimum Gasteiger partial charge on any atom is -0.481 e. The third-order valence-corrected chi connectivity index (χ3v) is 4.65. The van der Waals surface area contributed by atoms with Gasteiger partial charge < -0.3 is 10.4 Å². The average Bonchev–Trinajstić information content (AvgIpc) is 3.12. The van der Waals surface area contributed by atoms with Crippen LogP contribution in [0.25, 0.3) is 11.1 Å². The molecular weight excluding hydrogens is 290 g/mol. The number of amides is 1. The molecule has 0 saturated heterocycles. The molecule has 2 aromatic carbocycles. The molecule has 1 amide bonds.